The molecule has 4 aliphatic rings. The molecule has 6 aromatic rings. The number of ether oxygens (including phenoxy) is 2. The second-order valence-electron chi connectivity index (χ2n) is 21.0. The summed E-state index contributed by atoms with van der Waals surface area (Å²) in [5.74, 6) is 0.0179. The molecule has 2 bridgehead atoms. The van der Waals surface area contributed by atoms with E-state index in [9.17, 15) is 24.6 Å². The highest BCUT2D eigenvalue weighted by Gasteiger charge is 2.44. The second-order valence-corrected chi connectivity index (χ2v) is 21.9. The number of aliphatic hydroxyl groups is 1. The Kier molecular flexibility index (Phi) is 16.7. The van der Waals surface area contributed by atoms with Crippen LogP contribution in [0.15, 0.2) is 89.0 Å². The van der Waals surface area contributed by atoms with Crippen molar-refractivity contribution in [3.05, 3.63) is 102 Å². The van der Waals surface area contributed by atoms with Crippen molar-refractivity contribution in [1.29, 1.82) is 0 Å². The van der Waals surface area contributed by atoms with Gasteiger partial charge in [-0.3, -0.25) is 24.2 Å². The lowest BCUT2D eigenvalue weighted by Crippen LogP contribution is -2.54. The molecule has 4 aliphatic heterocycles. The van der Waals surface area contributed by atoms with Crippen molar-refractivity contribution in [2.75, 3.05) is 87.7 Å². The van der Waals surface area contributed by atoms with Gasteiger partial charge in [0.25, 0.3) is 5.88 Å². The predicted octanol–water partition coefficient (Wildman–Crippen LogP) is 5.09. The fourth-order valence-electron chi connectivity index (χ4n) is 11.3. The monoisotopic (exact) mass is 1080 g/mol. The number of benzene rings is 2. The largest absolute Gasteiger partial charge is 0.507 e. The van der Waals surface area contributed by atoms with Crippen molar-refractivity contribution in [2.24, 2.45) is 5.92 Å². The van der Waals surface area contributed by atoms with Crippen molar-refractivity contribution in [1.82, 2.24) is 50.7 Å². The molecule has 8 heterocycles. The van der Waals surface area contributed by atoms with Crippen LogP contribution in [0.5, 0.6) is 17.5 Å². The van der Waals surface area contributed by atoms with Crippen molar-refractivity contribution < 1.29 is 38.6 Å². The van der Waals surface area contributed by atoms with Crippen LogP contribution in [0.2, 0.25) is 0 Å². The van der Waals surface area contributed by atoms with E-state index in [1.165, 1.54) is 23.2 Å². The Morgan fingerprint density at radius 3 is 2.27 bits per heavy atom. The molecule has 4 fully saturated rings. The van der Waals surface area contributed by atoms with Crippen LogP contribution in [-0.2, 0) is 20.9 Å². The smallest absolute Gasteiger partial charge is 0.254 e. The van der Waals surface area contributed by atoms with E-state index in [0.29, 0.717) is 55.0 Å². The van der Waals surface area contributed by atoms with Gasteiger partial charge in [0.2, 0.25) is 23.6 Å². The number of nitrogen functional groups attached to an aromatic ring is 1. The van der Waals surface area contributed by atoms with E-state index in [0.717, 1.165) is 91.7 Å². The van der Waals surface area contributed by atoms with Crippen LogP contribution in [0.4, 0.5) is 17.2 Å². The van der Waals surface area contributed by atoms with E-state index in [2.05, 4.69) is 67.7 Å². The Labute approximate surface area is 457 Å². The molecule has 3 unspecified atom stereocenters. The van der Waals surface area contributed by atoms with Gasteiger partial charge in [0.1, 0.15) is 30.9 Å². The number of para-hydroxylation sites is 1. The third-order valence-electron chi connectivity index (χ3n) is 15.4. The number of likely N-dealkylation sites (tertiary alicyclic amines) is 1. The van der Waals surface area contributed by atoms with Gasteiger partial charge in [0, 0.05) is 114 Å². The lowest BCUT2D eigenvalue weighted by molar-refractivity contribution is -0.141. The topological polar surface area (TPSA) is 254 Å². The number of hydrogen-bond acceptors (Lipinski definition) is 19. The van der Waals surface area contributed by atoms with Crippen LogP contribution < -0.4 is 35.6 Å². The first kappa shape index (κ1) is 54.0. The summed E-state index contributed by atoms with van der Waals surface area (Å²) in [4.78, 5) is 60.5. The number of nitrogens with two attached hydrogens (primary N) is 1. The molecule has 0 spiro atoms. The quantitative estimate of drug-likeness (QED) is 0.0668. The predicted molar refractivity (Wildman–Crippen MR) is 295 cm³/mol. The minimum absolute atomic E-state index is 0.0256. The first-order valence-electron chi connectivity index (χ1n) is 26.9. The first-order valence-corrected chi connectivity index (χ1v) is 27.8. The second kappa shape index (κ2) is 24.1. The van der Waals surface area contributed by atoms with Crippen molar-refractivity contribution in [3.63, 3.8) is 0 Å². The molecule has 6 atom stereocenters. The number of carbonyl (C=O) groups is 3. The average molecular weight is 1080 g/mol. The number of piperazine rings is 2. The van der Waals surface area contributed by atoms with Gasteiger partial charge in [-0.05, 0) is 66.2 Å². The van der Waals surface area contributed by atoms with Gasteiger partial charge in [-0.2, -0.15) is 0 Å². The Bertz CT molecular complexity index is 3030. The van der Waals surface area contributed by atoms with Gasteiger partial charge in [0.15, 0.2) is 11.6 Å². The zero-order valence-corrected chi connectivity index (χ0v) is 45.3. The summed E-state index contributed by atoms with van der Waals surface area (Å²) < 4.78 is 18.0. The molecule has 22 heteroatoms. The summed E-state index contributed by atoms with van der Waals surface area (Å²) in [5, 5.41) is 39.8. The molecule has 6 N–H and O–H groups in total. The van der Waals surface area contributed by atoms with E-state index in [4.69, 9.17) is 19.7 Å². The maximum absolute atomic E-state index is 14.3. The lowest BCUT2D eigenvalue weighted by Gasteiger charge is -2.43. The van der Waals surface area contributed by atoms with Crippen LogP contribution >= 0.6 is 11.3 Å². The molecule has 21 nitrogen and oxygen atoms in total. The number of carbonyl (C=O) groups excluding carboxylic acids is 3. The molecule has 4 saturated heterocycles. The third-order valence-corrected chi connectivity index (χ3v) is 16.3. The standard InChI is InChI=1S/C56H69N13O8S/c1-34(2)52(56(74)68-32-42(71)26-47(68)55(73)61-35(3)37-9-11-38(12-10-37)53-45(60-33-78-53)29-59-36(4)70)49-28-51(64-77-49)76-24-22-66-19-17-65(18-20-66)21-23-75-50-25-39(15-16-58-50)69-40-13-14-41(69)31-67(30-40)46-27-44(62-63-54(46)57)43-7-5-6-8-48(43)72/h5-12,15-16,25,27-28,33-35,40-42,47,52,71-72H,13-14,17-24,26,29-32H2,1-4H3,(H2,57,63)(H,59,70)(H,61,73)/t35-,40?,41?,42+,47-,52?/m0/s1. The van der Waals surface area contributed by atoms with Crippen LogP contribution in [0, 0.1) is 5.92 Å². The number of phenols is 1. The van der Waals surface area contributed by atoms with Crippen molar-refractivity contribution in [3.8, 4) is 39.2 Å². The Morgan fingerprint density at radius 1 is 0.872 bits per heavy atom. The van der Waals surface area contributed by atoms with Gasteiger partial charge in [-0.15, -0.1) is 21.5 Å². The number of thiazole rings is 1. The molecule has 4 aromatic heterocycles. The normalized spacial score (nSPS) is 20.5. The van der Waals surface area contributed by atoms with E-state index < -0.39 is 18.1 Å². The van der Waals surface area contributed by atoms with Crippen LogP contribution in [0.25, 0.3) is 21.7 Å². The van der Waals surface area contributed by atoms with Gasteiger partial charge in [-0.1, -0.05) is 50.2 Å². The highest BCUT2D eigenvalue weighted by Crippen LogP contribution is 2.40. The van der Waals surface area contributed by atoms with Crippen LogP contribution in [-0.4, -0.2) is 164 Å². The van der Waals surface area contributed by atoms with Crippen LogP contribution in [0.1, 0.15) is 75.9 Å². The maximum Gasteiger partial charge on any atom is 0.254 e. The number of phenolic OH excluding ortho intramolecular Hbond substituents is 1. The highest BCUT2D eigenvalue weighted by atomic mass is 32.1. The summed E-state index contributed by atoms with van der Waals surface area (Å²) in [7, 11) is 0. The Balaban J connectivity index is 0.654. The Hall–Kier alpha value is -7.40. The fourth-order valence-corrected chi connectivity index (χ4v) is 12.1. The molecule has 78 heavy (non-hydrogen) atoms. The van der Waals surface area contributed by atoms with Crippen molar-refractivity contribution in [2.45, 2.75) is 89.7 Å². The Morgan fingerprint density at radius 2 is 1.58 bits per heavy atom. The molecule has 3 amide bonds. The van der Waals surface area contributed by atoms with Crippen molar-refractivity contribution >= 4 is 46.3 Å². The molecule has 0 aliphatic carbocycles. The number of β-amino-alcohol motifs (C(OH)–C–C–N with tert-alkyl or cyclic N) is 1. The average Bonchev–Trinajstić information content (AvgIpc) is 4.39. The summed E-state index contributed by atoms with van der Waals surface area (Å²) in [6, 6.07) is 21.9. The number of aromatic hydroxyl groups is 1. The number of nitrogens with one attached hydrogen (secondary N) is 2. The van der Waals surface area contributed by atoms with E-state index in [1.807, 2.05) is 69.4 Å². The lowest BCUT2D eigenvalue weighted by atomic mass is 9.91. The number of amides is 3. The fraction of sp³-hybridized carbons (Fsp3) is 0.464. The van der Waals surface area contributed by atoms with Gasteiger partial charge in [-0.25, -0.2) is 9.97 Å². The molecule has 0 radical (unpaired) electrons. The molecule has 10 rings (SSSR count). The van der Waals surface area contributed by atoms with E-state index in [-0.39, 0.29) is 66.4 Å². The number of fused-ring (bicyclic) bond motifs is 2. The number of aromatic nitrogens is 5. The zero-order chi connectivity index (χ0) is 54.5. The van der Waals surface area contributed by atoms with Gasteiger partial charge >= 0.3 is 0 Å². The minimum atomic E-state index is -0.868. The van der Waals surface area contributed by atoms with E-state index >= 15 is 0 Å². The summed E-state index contributed by atoms with van der Waals surface area (Å²) in [5.41, 5.74) is 13.9. The SMILES string of the molecule is CC(=O)NCc1ncsc1-c1ccc([C@H](C)NC(=O)[C@@H]2C[C@@H](O)CN2C(=O)C(c2cc(OCCN3CCN(CCOc4cc(N5C6CCC5CN(c5cc(-c7ccccc7O)nnc5N)C6)ccn4)CC3)no2)C(C)C)cc1. The molecular weight excluding hydrogens is 1010 g/mol. The maximum atomic E-state index is 14.3. The summed E-state index contributed by atoms with van der Waals surface area (Å²) in [6.45, 7) is 15.0. The number of pyridine rings is 1. The summed E-state index contributed by atoms with van der Waals surface area (Å²) in [6.07, 6.45) is 3.20. The highest BCUT2D eigenvalue weighted by molar-refractivity contribution is 7.13. The molecular formula is C56H69N13O8S. The zero-order valence-electron chi connectivity index (χ0n) is 44.5. The third kappa shape index (κ3) is 12.3. The van der Waals surface area contributed by atoms with Crippen LogP contribution in [0.3, 0.4) is 0 Å². The number of anilines is 3. The van der Waals surface area contributed by atoms with Gasteiger partial charge < -0.3 is 55.3 Å². The van der Waals surface area contributed by atoms with Gasteiger partial charge in [0.05, 0.1) is 46.2 Å². The number of rotatable bonds is 20. The minimum Gasteiger partial charge on any atom is -0.507 e. The molecule has 0 saturated carbocycles. The first-order chi connectivity index (χ1) is 37.8. The van der Waals surface area contributed by atoms with E-state index in [1.54, 1.807) is 23.7 Å². The number of nitrogens with zero attached hydrogens (tertiary/aromatic N) is 10. The molecule has 412 valence electrons. The summed E-state index contributed by atoms with van der Waals surface area (Å²) >= 11 is 1.49. The number of aliphatic hydroxyl groups excluding tert-OH is 1. The number of hydrogen-bond donors (Lipinski definition) is 5. The molecule has 2 aromatic carbocycles.